The summed E-state index contributed by atoms with van der Waals surface area (Å²) in [5, 5.41) is 23.2. The number of nitrogens with zero attached hydrogens (tertiary/aromatic N) is 2. The minimum absolute atomic E-state index is 0.118. The molecular formula is C24H16Cl2N2O10P2. The molecule has 0 unspecified atom stereocenters. The van der Waals surface area contributed by atoms with E-state index in [1.54, 1.807) is 0 Å². The molecular weight excluding hydrogens is 609 g/mol. The van der Waals surface area contributed by atoms with Gasteiger partial charge in [0.15, 0.2) is 0 Å². The van der Waals surface area contributed by atoms with E-state index in [2.05, 4.69) is 0 Å². The van der Waals surface area contributed by atoms with Crippen LogP contribution in [0.3, 0.4) is 0 Å². The molecule has 0 amide bonds. The largest absolute Gasteiger partial charge is 0.567 e. The predicted molar refractivity (Wildman–Crippen MR) is 147 cm³/mol. The van der Waals surface area contributed by atoms with Crippen molar-refractivity contribution in [3.05, 3.63) is 127 Å². The monoisotopic (exact) mass is 624 g/mol. The van der Waals surface area contributed by atoms with Crippen LogP contribution in [0.15, 0.2) is 97.1 Å². The van der Waals surface area contributed by atoms with Crippen LogP contribution in [0.5, 0.6) is 23.0 Å². The second-order valence-electron chi connectivity index (χ2n) is 7.72. The number of rotatable bonds is 11. The number of nitro benzene ring substituents is 2. The maximum Gasteiger partial charge on any atom is 0.567 e. The Labute approximate surface area is 236 Å². The van der Waals surface area contributed by atoms with Crippen LogP contribution in [0.2, 0.25) is 10.0 Å². The molecule has 0 aliphatic carbocycles. The molecule has 4 aromatic carbocycles. The van der Waals surface area contributed by atoms with Gasteiger partial charge in [0, 0.05) is 22.2 Å². The van der Waals surface area contributed by atoms with Crippen molar-refractivity contribution < 1.29 is 37.1 Å². The molecule has 0 atom stereocenters. The van der Waals surface area contributed by atoms with Crippen LogP contribution in [0.25, 0.3) is 0 Å². The highest BCUT2D eigenvalue weighted by Gasteiger charge is 2.58. The second kappa shape index (κ2) is 12.0. The lowest BCUT2D eigenvalue weighted by Gasteiger charge is -2.26. The molecule has 0 fully saturated rings. The molecule has 0 aliphatic heterocycles. The zero-order chi connectivity index (χ0) is 28.9. The quantitative estimate of drug-likeness (QED) is 0.0896. The summed E-state index contributed by atoms with van der Waals surface area (Å²) in [6, 6.07) is 19.8. The van der Waals surface area contributed by atoms with Gasteiger partial charge in [0.1, 0.15) is 23.0 Å². The van der Waals surface area contributed by atoms with Gasteiger partial charge >= 0.3 is 14.6 Å². The van der Waals surface area contributed by atoms with E-state index in [-0.39, 0.29) is 23.0 Å². The molecule has 16 heteroatoms. The van der Waals surface area contributed by atoms with Crippen molar-refractivity contribution in [2.75, 3.05) is 0 Å². The minimum atomic E-state index is -5.24. The topological polar surface area (TPSA) is 157 Å². The van der Waals surface area contributed by atoms with Gasteiger partial charge in [-0.25, -0.2) is 9.13 Å². The first kappa shape index (κ1) is 28.9. The average Bonchev–Trinajstić information content (AvgIpc) is 2.91. The smallest absolute Gasteiger partial charge is 0.407 e. The first-order valence-corrected chi connectivity index (χ1v) is 15.5. The fourth-order valence-corrected chi connectivity index (χ4v) is 7.66. The average molecular weight is 625 g/mol. The zero-order valence-electron chi connectivity index (χ0n) is 19.9. The summed E-state index contributed by atoms with van der Waals surface area (Å²) in [6.45, 7) is 0. The molecule has 0 aromatic heterocycles. The molecule has 0 saturated heterocycles. The molecule has 0 bridgehead atoms. The standard InChI is InChI=1S/C24H16Cl2N2O10P2/c25-17-7-11-21(12-8-17)35-39(33,36-22-13-9-18(26)10-14-22)40(34,37-23-5-1-3-19(15-23)27(29)30)38-24-6-2-4-20(16-24)28(31)32/h1-16H. The zero-order valence-corrected chi connectivity index (χ0v) is 23.2. The van der Waals surface area contributed by atoms with Crippen LogP contribution in [0, 0.1) is 20.2 Å². The fourth-order valence-electron chi connectivity index (χ4n) is 3.07. The van der Waals surface area contributed by atoms with Crippen LogP contribution >= 0.6 is 37.8 Å². The van der Waals surface area contributed by atoms with Crippen molar-refractivity contribution >= 4 is 49.1 Å². The Kier molecular flexibility index (Phi) is 8.66. The Morgan fingerprint density at radius 2 is 0.850 bits per heavy atom. The van der Waals surface area contributed by atoms with Crippen LogP contribution in [0.4, 0.5) is 11.4 Å². The SMILES string of the molecule is O=[N+]([O-])c1cccc(OP(=O)(Oc2cccc([N+](=O)[O-])c2)P(=O)(Oc2ccc(Cl)cc2)Oc2ccc(Cl)cc2)c1. The van der Waals surface area contributed by atoms with E-state index in [9.17, 15) is 29.4 Å². The first-order valence-electron chi connectivity index (χ1n) is 11.0. The van der Waals surface area contributed by atoms with E-state index in [4.69, 9.17) is 41.3 Å². The third-order valence-corrected chi connectivity index (χ3v) is 10.5. The van der Waals surface area contributed by atoms with E-state index in [0.29, 0.717) is 10.0 Å². The third-order valence-electron chi connectivity index (χ3n) is 4.87. The number of benzene rings is 4. The van der Waals surface area contributed by atoms with Crippen LogP contribution in [0.1, 0.15) is 0 Å². The van der Waals surface area contributed by atoms with Gasteiger partial charge < -0.3 is 18.1 Å². The maximum absolute atomic E-state index is 14.5. The summed E-state index contributed by atoms with van der Waals surface area (Å²) < 4.78 is 51.4. The summed E-state index contributed by atoms with van der Waals surface area (Å²) in [6.07, 6.45) is 0. The summed E-state index contributed by atoms with van der Waals surface area (Å²) in [7, 11) is -10.4. The van der Waals surface area contributed by atoms with Crippen molar-refractivity contribution in [2.45, 2.75) is 0 Å². The van der Waals surface area contributed by atoms with Crippen LogP contribution in [-0.4, -0.2) is 9.85 Å². The van der Waals surface area contributed by atoms with E-state index in [0.717, 1.165) is 24.3 Å². The molecule has 4 rings (SSSR count). The number of non-ortho nitro benzene ring substituents is 2. The Balaban J connectivity index is 1.87. The number of halogens is 2. The van der Waals surface area contributed by atoms with Gasteiger partial charge in [-0.3, -0.25) is 20.2 Å². The van der Waals surface area contributed by atoms with Gasteiger partial charge in [0.2, 0.25) is 0 Å². The van der Waals surface area contributed by atoms with Crippen LogP contribution in [-0.2, 0) is 9.13 Å². The highest BCUT2D eigenvalue weighted by atomic mass is 35.5. The fraction of sp³-hybridized carbons (Fsp3) is 0. The van der Waals surface area contributed by atoms with Gasteiger partial charge in [-0.1, -0.05) is 35.3 Å². The summed E-state index contributed by atoms with van der Waals surface area (Å²) in [5.74, 6) is -1.01. The van der Waals surface area contributed by atoms with Gasteiger partial charge in [-0.15, -0.1) is 0 Å². The third kappa shape index (κ3) is 6.91. The number of hydrogen-bond acceptors (Lipinski definition) is 10. The lowest BCUT2D eigenvalue weighted by molar-refractivity contribution is -0.385. The van der Waals surface area contributed by atoms with E-state index in [1.807, 2.05) is 0 Å². The Morgan fingerprint density at radius 3 is 1.18 bits per heavy atom. The number of nitro groups is 2. The molecule has 0 aliphatic rings. The van der Waals surface area contributed by atoms with Gasteiger partial charge in [-0.05, 0) is 60.7 Å². The van der Waals surface area contributed by atoms with Crippen molar-refractivity contribution in [2.24, 2.45) is 0 Å². The minimum Gasteiger partial charge on any atom is -0.407 e. The number of hydrogen-bond donors (Lipinski definition) is 0. The molecule has 0 spiro atoms. The molecule has 0 heterocycles. The van der Waals surface area contributed by atoms with Crippen LogP contribution < -0.4 is 18.1 Å². The van der Waals surface area contributed by atoms with Crippen molar-refractivity contribution in [3.8, 4) is 23.0 Å². The van der Waals surface area contributed by atoms with Gasteiger partial charge in [0.05, 0.1) is 22.0 Å². The molecule has 4 aromatic rings. The van der Waals surface area contributed by atoms with E-state index < -0.39 is 35.8 Å². The molecule has 206 valence electrons. The Hall–Kier alpha value is -4.08. The van der Waals surface area contributed by atoms with E-state index in [1.165, 1.54) is 72.8 Å². The predicted octanol–water partition coefficient (Wildman–Crippen LogP) is 8.73. The van der Waals surface area contributed by atoms with E-state index >= 15 is 0 Å². The van der Waals surface area contributed by atoms with Gasteiger partial charge in [-0.2, -0.15) is 0 Å². The highest BCUT2D eigenvalue weighted by molar-refractivity contribution is 8.28. The summed E-state index contributed by atoms with van der Waals surface area (Å²) in [4.78, 5) is 21.2. The molecule has 40 heavy (non-hydrogen) atoms. The second-order valence-corrected chi connectivity index (χ2v) is 14.1. The van der Waals surface area contributed by atoms with Gasteiger partial charge in [0.25, 0.3) is 11.4 Å². The summed E-state index contributed by atoms with van der Waals surface area (Å²) in [5.41, 5.74) is -0.877. The molecule has 0 radical (unpaired) electrons. The maximum atomic E-state index is 14.5. The first-order chi connectivity index (χ1) is 19.0. The molecule has 12 nitrogen and oxygen atoms in total. The lowest BCUT2D eigenvalue weighted by Crippen LogP contribution is -2.11. The Bertz CT molecular complexity index is 1540. The molecule has 0 saturated carbocycles. The Morgan fingerprint density at radius 1 is 0.525 bits per heavy atom. The van der Waals surface area contributed by atoms with Crippen molar-refractivity contribution in [3.63, 3.8) is 0 Å². The lowest BCUT2D eigenvalue weighted by atomic mass is 10.3. The molecule has 0 N–H and O–H groups in total. The highest BCUT2D eigenvalue weighted by Crippen LogP contribution is 2.81. The summed E-state index contributed by atoms with van der Waals surface area (Å²) >= 11 is 11.9. The normalized spacial score (nSPS) is 11.3. The van der Waals surface area contributed by atoms with Crippen molar-refractivity contribution in [1.82, 2.24) is 0 Å². The van der Waals surface area contributed by atoms with Crippen molar-refractivity contribution in [1.29, 1.82) is 0 Å².